The molecule has 0 atom stereocenters. The fraction of sp³-hybridized carbons (Fsp3) is 0.0204. The Hall–Kier alpha value is -6.64. The minimum atomic E-state index is -0.469. The van der Waals surface area contributed by atoms with Crippen LogP contribution in [0.25, 0.3) is 33.4 Å². The van der Waals surface area contributed by atoms with E-state index < -0.39 is 5.41 Å². The van der Waals surface area contributed by atoms with Crippen molar-refractivity contribution in [2.24, 2.45) is 0 Å². The minimum absolute atomic E-state index is 0.469. The molecule has 1 heterocycles. The highest BCUT2D eigenvalue weighted by Crippen LogP contribution is 2.62. The SMILES string of the molecule is c1ccc(-c2ccccc2N(c2ccccc2)c2cccc(-c3ccc4c(c3)Oc3ccccc3C43c4ccccc4-c4ccccc43)c2)cc1. The maximum atomic E-state index is 6.83. The van der Waals surface area contributed by atoms with Gasteiger partial charge >= 0.3 is 0 Å². The van der Waals surface area contributed by atoms with E-state index in [-0.39, 0.29) is 0 Å². The molecule has 8 aromatic rings. The lowest BCUT2D eigenvalue weighted by Gasteiger charge is -2.39. The number of nitrogens with zero attached hydrogens (tertiary/aromatic N) is 1. The second-order valence-electron chi connectivity index (χ2n) is 13.3. The normalized spacial score (nSPS) is 13.0. The lowest BCUT2D eigenvalue weighted by Crippen LogP contribution is -2.32. The van der Waals surface area contributed by atoms with Crippen LogP contribution in [-0.4, -0.2) is 0 Å². The molecule has 0 saturated carbocycles. The molecular weight excluding hydrogens is 619 g/mol. The van der Waals surface area contributed by atoms with Crippen molar-refractivity contribution in [1.29, 1.82) is 0 Å². The Bertz CT molecular complexity index is 2530. The van der Waals surface area contributed by atoms with Crippen molar-refractivity contribution in [2.75, 3.05) is 4.90 Å². The third-order valence-corrected chi connectivity index (χ3v) is 10.5. The summed E-state index contributed by atoms with van der Waals surface area (Å²) in [5, 5.41) is 0. The second kappa shape index (κ2) is 11.8. The van der Waals surface area contributed by atoms with E-state index in [1.807, 2.05) is 0 Å². The quantitative estimate of drug-likeness (QED) is 0.184. The number of para-hydroxylation sites is 3. The van der Waals surface area contributed by atoms with Gasteiger partial charge < -0.3 is 9.64 Å². The summed E-state index contributed by atoms with van der Waals surface area (Å²) in [5.74, 6) is 1.78. The van der Waals surface area contributed by atoms with Gasteiger partial charge in [0.05, 0.1) is 11.1 Å². The van der Waals surface area contributed by atoms with Crippen molar-refractivity contribution < 1.29 is 4.74 Å². The summed E-state index contributed by atoms with van der Waals surface area (Å²) in [4.78, 5) is 2.36. The summed E-state index contributed by atoms with van der Waals surface area (Å²) in [6, 6.07) is 71.8. The Morgan fingerprint density at radius 3 is 1.61 bits per heavy atom. The first kappa shape index (κ1) is 29.3. The molecule has 0 N–H and O–H groups in total. The highest BCUT2D eigenvalue weighted by molar-refractivity contribution is 5.91. The number of fused-ring (bicyclic) bond motifs is 9. The average molecular weight is 652 g/mol. The van der Waals surface area contributed by atoms with Crippen molar-refractivity contribution in [3.05, 3.63) is 222 Å². The van der Waals surface area contributed by atoms with Gasteiger partial charge in [0.1, 0.15) is 11.5 Å². The molecule has 1 aliphatic carbocycles. The van der Waals surface area contributed by atoms with Crippen molar-refractivity contribution in [3.63, 3.8) is 0 Å². The highest BCUT2D eigenvalue weighted by atomic mass is 16.5. The molecule has 8 aromatic carbocycles. The van der Waals surface area contributed by atoms with E-state index in [1.165, 1.54) is 44.5 Å². The maximum absolute atomic E-state index is 6.83. The highest BCUT2D eigenvalue weighted by Gasteiger charge is 2.50. The summed E-state index contributed by atoms with van der Waals surface area (Å²) in [5.41, 5.74) is 14.9. The Kier molecular flexibility index (Phi) is 6.75. The Balaban J connectivity index is 1.14. The van der Waals surface area contributed by atoms with Crippen molar-refractivity contribution in [1.82, 2.24) is 0 Å². The summed E-state index contributed by atoms with van der Waals surface area (Å²) in [7, 11) is 0. The van der Waals surface area contributed by atoms with E-state index in [2.05, 4.69) is 205 Å². The molecule has 1 spiro atoms. The average Bonchev–Trinajstić information content (AvgIpc) is 3.50. The molecule has 0 bridgehead atoms. The lowest BCUT2D eigenvalue weighted by molar-refractivity contribution is 0.436. The fourth-order valence-corrected chi connectivity index (χ4v) is 8.40. The number of hydrogen-bond donors (Lipinski definition) is 0. The van der Waals surface area contributed by atoms with Crippen LogP contribution < -0.4 is 9.64 Å². The van der Waals surface area contributed by atoms with Crippen molar-refractivity contribution >= 4 is 17.1 Å². The lowest BCUT2D eigenvalue weighted by atomic mass is 9.66. The predicted octanol–water partition coefficient (Wildman–Crippen LogP) is 13.0. The van der Waals surface area contributed by atoms with Gasteiger partial charge in [-0.3, -0.25) is 0 Å². The summed E-state index contributed by atoms with van der Waals surface area (Å²) in [6.07, 6.45) is 0. The molecule has 2 heteroatoms. The number of ether oxygens (including phenoxy) is 1. The summed E-state index contributed by atoms with van der Waals surface area (Å²) < 4.78 is 6.83. The zero-order valence-electron chi connectivity index (χ0n) is 27.9. The molecular formula is C49H33NO. The largest absolute Gasteiger partial charge is 0.457 e. The topological polar surface area (TPSA) is 12.5 Å². The van der Waals surface area contributed by atoms with Gasteiger partial charge in [-0.25, -0.2) is 0 Å². The number of rotatable bonds is 5. The van der Waals surface area contributed by atoms with Crippen LogP contribution in [0.3, 0.4) is 0 Å². The smallest absolute Gasteiger partial charge is 0.132 e. The van der Waals surface area contributed by atoms with E-state index in [0.717, 1.165) is 39.7 Å². The van der Waals surface area contributed by atoms with Crippen molar-refractivity contribution in [2.45, 2.75) is 5.41 Å². The van der Waals surface area contributed by atoms with E-state index in [4.69, 9.17) is 4.74 Å². The van der Waals surface area contributed by atoms with E-state index in [1.54, 1.807) is 0 Å². The van der Waals surface area contributed by atoms with E-state index >= 15 is 0 Å². The first-order valence-electron chi connectivity index (χ1n) is 17.5. The molecule has 10 rings (SSSR count). The number of anilines is 3. The monoisotopic (exact) mass is 651 g/mol. The minimum Gasteiger partial charge on any atom is -0.457 e. The number of hydrogen-bond acceptors (Lipinski definition) is 2. The third-order valence-electron chi connectivity index (χ3n) is 10.5. The van der Waals surface area contributed by atoms with Gasteiger partial charge in [-0.2, -0.15) is 0 Å². The molecule has 0 fully saturated rings. The van der Waals surface area contributed by atoms with Gasteiger partial charge in [0, 0.05) is 28.1 Å². The molecule has 0 amide bonds. The molecule has 240 valence electrons. The maximum Gasteiger partial charge on any atom is 0.132 e. The van der Waals surface area contributed by atoms with Crippen LogP contribution in [0, 0.1) is 0 Å². The van der Waals surface area contributed by atoms with Gasteiger partial charge in [0.15, 0.2) is 0 Å². The van der Waals surface area contributed by atoms with Crippen molar-refractivity contribution in [3.8, 4) is 44.9 Å². The molecule has 1 aliphatic heterocycles. The van der Waals surface area contributed by atoms with Crippen LogP contribution >= 0.6 is 0 Å². The van der Waals surface area contributed by atoms with Gasteiger partial charge in [-0.15, -0.1) is 0 Å². The Morgan fingerprint density at radius 1 is 0.333 bits per heavy atom. The predicted molar refractivity (Wildman–Crippen MR) is 209 cm³/mol. The van der Waals surface area contributed by atoms with Gasteiger partial charge in [-0.05, 0) is 81.4 Å². The number of benzene rings is 8. The zero-order valence-corrected chi connectivity index (χ0v) is 27.9. The zero-order chi connectivity index (χ0) is 33.8. The van der Waals surface area contributed by atoms with Gasteiger partial charge in [0.25, 0.3) is 0 Å². The van der Waals surface area contributed by atoms with Crippen LogP contribution in [0.1, 0.15) is 22.3 Å². The summed E-state index contributed by atoms with van der Waals surface area (Å²) >= 11 is 0. The van der Waals surface area contributed by atoms with Gasteiger partial charge in [0.2, 0.25) is 0 Å². The fourth-order valence-electron chi connectivity index (χ4n) is 8.40. The Labute approximate surface area is 298 Å². The molecule has 2 nitrogen and oxygen atoms in total. The van der Waals surface area contributed by atoms with Crippen LogP contribution in [0.5, 0.6) is 11.5 Å². The van der Waals surface area contributed by atoms with Crippen LogP contribution in [0.15, 0.2) is 200 Å². The van der Waals surface area contributed by atoms with E-state index in [0.29, 0.717) is 0 Å². The molecule has 0 saturated heterocycles. The van der Waals surface area contributed by atoms with Crippen LogP contribution in [0.4, 0.5) is 17.1 Å². The molecule has 2 aliphatic rings. The van der Waals surface area contributed by atoms with Crippen LogP contribution in [0.2, 0.25) is 0 Å². The second-order valence-corrected chi connectivity index (χ2v) is 13.3. The Morgan fingerprint density at radius 2 is 0.863 bits per heavy atom. The molecule has 51 heavy (non-hydrogen) atoms. The summed E-state index contributed by atoms with van der Waals surface area (Å²) in [6.45, 7) is 0. The molecule has 0 radical (unpaired) electrons. The first-order valence-corrected chi connectivity index (χ1v) is 17.5. The van der Waals surface area contributed by atoms with Gasteiger partial charge in [-0.1, -0.05) is 158 Å². The molecule has 0 unspecified atom stereocenters. The first-order chi connectivity index (χ1) is 25.3. The molecule has 0 aromatic heterocycles. The van der Waals surface area contributed by atoms with E-state index in [9.17, 15) is 0 Å². The third kappa shape index (κ3) is 4.50. The standard InChI is InChI=1S/C49H33NO/c1-3-16-34(17-4-1)39-22-9-13-28-46(39)50(37-19-5-2-6-20-37)38-21-15-18-35(32-38)36-30-31-45-48(33-36)51-47-29-14-12-27-44(47)49(45)42-25-10-7-23-40(42)41-24-8-11-26-43(41)49/h1-33H. The van der Waals surface area contributed by atoms with Crippen LogP contribution in [-0.2, 0) is 5.41 Å².